The Morgan fingerprint density at radius 3 is 1.38 bits per heavy atom. The van der Waals surface area contributed by atoms with Crippen molar-refractivity contribution in [2.75, 3.05) is 0 Å². The molecular weight excluding hydrogens is 172 g/mol. The topological polar surface area (TPSA) is 0 Å². The monoisotopic (exact) mass is 196 g/mol. The summed E-state index contributed by atoms with van der Waals surface area (Å²) in [5.74, 6) is 1.53. The molecule has 0 bridgehead atoms. The number of hydrogen-bond acceptors (Lipinski definition) is 0. The zero-order valence-electron chi connectivity index (χ0n) is 9.64. The van der Waals surface area contributed by atoms with Gasteiger partial charge >= 0.3 is 0 Å². The molecule has 0 spiro atoms. The highest BCUT2D eigenvalue weighted by molar-refractivity contribution is 6.88. The van der Waals surface area contributed by atoms with Crippen LogP contribution in [0.5, 0.6) is 0 Å². The van der Waals surface area contributed by atoms with Crippen LogP contribution in [0, 0.1) is 11.8 Å². The third-order valence-corrected chi connectivity index (χ3v) is 7.17. The molecule has 0 amide bonds. The Labute approximate surface area is 84.8 Å². The van der Waals surface area contributed by atoms with Crippen molar-refractivity contribution in [3.8, 4) is 0 Å². The third-order valence-electron chi connectivity index (χ3n) is 2.39. The SMILES string of the molecule is C=C[Si](C=C)(CC(C)C)CC(C)C. The van der Waals surface area contributed by atoms with Crippen molar-refractivity contribution in [1.29, 1.82) is 0 Å². The first kappa shape index (κ1) is 12.7. The zero-order chi connectivity index (χ0) is 10.5. The van der Waals surface area contributed by atoms with E-state index >= 15 is 0 Å². The van der Waals surface area contributed by atoms with Gasteiger partial charge in [0, 0.05) is 0 Å². The van der Waals surface area contributed by atoms with E-state index in [4.69, 9.17) is 0 Å². The van der Waals surface area contributed by atoms with Crippen LogP contribution >= 0.6 is 0 Å². The van der Waals surface area contributed by atoms with Crippen LogP contribution in [0.3, 0.4) is 0 Å². The summed E-state index contributed by atoms with van der Waals surface area (Å²) in [5.41, 5.74) is 4.42. The largest absolute Gasteiger partial charge is 0.107 e. The van der Waals surface area contributed by atoms with Crippen LogP contribution in [-0.4, -0.2) is 8.07 Å². The average molecular weight is 196 g/mol. The normalized spacial score (nSPS) is 12.2. The van der Waals surface area contributed by atoms with Crippen molar-refractivity contribution in [2.45, 2.75) is 39.8 Å². The molecule has 0 nitrogen and oxygen atoms in total. The van der Waals surface area contributed by atoms with E-state index in [1.54, 1.807) is 0 Å². The molecule has 1 heteroatoms. The second kappa shape index (κ2) is 5.43. The van der Waals surface area contributed by atoms with Crippen LogP contribution in [0.2, 0.25) is 12.1 Å². The molecule has 0 radical (unpaired) electrons. The van der Waals surface area contributed by atoms with Gasteiger partial charge in [-0.3, -0.25) is 0 Å². The van der Waals surface area contributed by atoms with E-state index in [1.165, 1.54) is 12.1 Å². The molecule has 76 valence electrons. The first-order chi connectivity index (χ1) is 5.95. The maximum Gasteiger partial charge on any atom is 0.101 e. The molecule has 0 unspecified atom stereocenters. The van der Waals surface area contributed by atoms with Gasteiger partial charge in [0.15, 0.2) is 0 Å². The molecule has 0 heterocycles. The van der Waals surface area contributed by atoms with Crippen LogP contribution in [0.1, 0.15) is 27.7 Å². The van der Waals surface area contributed by atoms with E-state index in [2.05, 4.69) is 52.3 Å². The Morgan fingerprint density at radius 1 is 0.923 bits per heavy atom. The molecule has 0 aliphatic heterocycles. The summed E-state index contributed by atoms with van der Waals surface area (Å²) in [4.78, 5) is 0. The summed E-state index contributed by atoms with van der Waals surface area (Å²) in [6.07, 6.45) is 0. The second-order valence-corrected chi connectivity index (χ2v) is 8.94. The lowest BCUT2D eigenvalue weighted by Crippen LogP contribution is -2.32. The highest BCUT2D eigenvalue weighted by Gasteiger charge is 2.27. The van der Waals surface area contributed by atoms with Crippen molar-refractivity contribution in [3.05, 3.63) is 24.6 Å². The van der Waals surface area contributed by atoms with Crippen molar-refractivity contribution < 1.29 is 0 Å². The van der Waals surface area contributed by atoms with Gasteiger partial charge in [0.25, 0.3) is 0 Å². The van der Waals surface area contributed by atoms with Crippen molar-refractivity contribution in [1.82, 2.24) is 0 Å². The van der Waals surface area contributed by atoms with Gasteiger partial charge in [0.05, 0.1) is 0 Å². The van der Waals surface area contributed by atoms with E-state index in [0.29, 0.717) is 0 Å². The highest BCUT2D eigenvalue weighted by atomic mass is 28.3. The fourth-order valence-electron chi connectivity index (χ4n) is 2.02. The first-order valence-corrected chi connectivity index (χ1v) is 7.80. The van der Waals surface area contributed by atoms with Gasteiger partial charge in [-0.25, -0.2) is 0 Å². The lowest BCUT2D eigenvalue weighted by Gasteiger charge is -2.28. The molecular formula is C12H24Si. The van der Waals surface area contributed by atoms with Gasteiger partial charge in [-0.15, -0.1) is 13.2 Å². The van der Waals surface area contributed by atoms with Gasteiger partial charge in [0.1, 0.15) is 8.07 Å². The molecule has 0 aliphatic carbocycles. The lowest BCUT2D eigenvalue weighted by molar-refractivity contribution is 0.687. The van der Waals surface area contributed by atoms with Crippen LogP contribution in [-0.2, 0) is 0 Å². The predicted octanol–water partition coefficient (Wildman–Crippen LogP) is 4.20. The van der Waals surface area contributed by atoms with E-state index < -0.39 is 8.07 Å². The van der Waals surface area contributed by atoms with Crippen LogP contribution in [0.25, 0.3) is 0 Å². The Hall–Kier alpha value is -0.303. The average Bonchev–Trinajstić information content (AvgIpc) is 2.01. The van der Waals surface area contributed by atoms with E-state index in [9.17, 15) is 0 Å². The van der Waals surface area contributed by atoms with Crippen molar-refractivity contribution in [3.63, 3.8) is 0 Å². The molecule has 0 rings (SSSR count). The summed E-state index contributed by atoms with van der Waals surface area (Å²) in [7, 11) is -1.34. The van der Waals surface area contributed by atoms with Crippen LogP contribution in [0.4, 0.5) is 0 Å². The summed E-state index contributed by atoms with van der Waals surface area (Å²) >= 11 is 0. The molecule has 0 aromatic carbocycles. The summed E-state index contributed by atoms with van der Waals surface area (Å²) in [5, 5.41) is 0. The van der Waals surface area contributed by atoms with Crippen LogP contribution in [0.15, 0.2) is 24.6 Å². The Bertz CT molecular complexity index is 148. The van der Waals surface area contributed by atoms with Crippen LogP contribution < -0.4 is 0 Å². The van der Waals surface area contributed by atoms with Gasteiger partial charge in [0.2, 0.25) is 0 Å². The summed E-state index contributed by atoms with van der Waals surface area (Å²) in [6.45, 7) is 17.1. The van der Waals surface area contributed by atoms with Gasteiger partial charge in [-0.2, -0.15) is 0 Å². The van der Waals surface area contributed by atoms with Gasteiger partial charge < -0.3 is 0 Å². The van der Waals surface area contributed by atoms with Crippen molar-refractivity contribution in [2.24, 2.45) is 11.8 Å². The molecule has 0 aliphatic rings. The second-order valence-electron chi connectivity index (χ2n) is 4.84. The van der Waals surface area contributed by atoms with E-state index in [-0.39, 0.29) is 0 Å². The molecule has 13 heavy (non-hydrogen) atoms. The maximum absolute atomic E-state index is 4.00. The lowest BCUT2D eigenvalue weighted by atomic mass is 10.3. The van der Waals surface area contributed by atoms with E-state index in [0.717, 1.165) is 11.8 Å². The predicted molar refractivity (Wildman–Crippen MR) is 65.4 cm³/mol. The molecule has 0 atom stereocenters. The number of hydrogen-bond donors (Lipinski definition) is 0. The minimum absolute atomic E-state index is 0.765. The first-order valence-electron chi connectivity index (χ1n) is 5.23. The summed E-state index contributed by atoms with van der Waals surface area (Å²) < 4.78 is 0. The zero-order valence-corrected chi connectivity index (χ0v) is 10.6. The summed E-state index contributed by atoms with van der Waals surface area (Å²) in [6, 6.07) is 2.61. The Kier molecular flexibility index (Phi) is 5.31. The van der Waals surface area contributed by atoms with Gasteiger partial charge in [-0.05, 0) is 23.9 Å². The minimum atomic E-state index is -1.34. The third kappa shape index (κ3) is 4.46. The fourth-order valence-corrected chi connectivity index (χ4v) is 6.06. The fraction of sp³-hybridized carbons (Fsp3) is 0.667. The molecule has 0 aromatic heterocycles. The Balaban J connectivity index is 4.49. The highest BCUT2D eigenvalue weighted by Crippen LogP contribution is 2.26. The van der Waals surface area contributed by atoms with E-state index in [1.807, 2.05) is 0 Å². The van der Waals surface area contributed by atoms with Gasteiger partial charge in [-0.1, -0.05) is 39.1 Å². The quantitative estimate of drug-likeness (QED) is 0.559. The number of rotatable bonds is 6. The molecule has 0 aromatic rings. The molecule has 0 saturated heterocycles. The smallest absolute Gasteiger partial charge is 0.101 e. The van der Waals surface area contributed by atoms with Crippen molar-refractivity contribution >= 4 is 8.07 Å². The maximum atomic E-state index is 4.00. The standard InChI is InChI=1S/C12H24Si/c1-7-13(8-2,9-11(3)4)10-12(5)6/h7-8,11-12H,1-2,9-10H2,3-6H3. The molecule has 0 saturated carbocycles. The molecule has 0 N–H and O–H groups in total. The minimum Gasteiger partial charge on any atom is -0.107 e. The molecule has 0 fully saturated rings. The Morgan fingerprint density at radius 2 is 1.23 bits per heavy atom.